The summed E-state index contributed by atoms with van der Waals surface area (Å²) < 4.78 is 0. The Hall–Kier alpha value is -1.44. The van der Waals surface area contributed by atoms with E-state index in [1.807, 2.05) is 13.0 Å². The van der Waals surface area contributed by atoms with E-state index in [0.29, 0.717) is 17.8 Å². The van der Waals surface area contributed by atoms with Gasteiger partial charge < -0.3 is 25.5 Å². The Kier molecular flexibility index (Phi) is 5.53. The predicted molar refractivity (Wildman–Crippen MR) is 96.0 cm³/mol. The highest BCUT2D eigenvalue weighted by molar-refractivity contribution is 5.44. The van der Waals surface area contributed by atoms with Crippen LogP contribution in [0, 0.1) is 18.8 Å². The van der Waals surface area contributed by atoms with Crippen molar-refractivity contribution in [2.75, 3.05) is 70.1 Å². The van der Waals surface area contributed by atoms with Crippen molar-refractivity contribution < 1.29 is 5.11 Å². The van der Waals surface area contributed by atoms with Crippen LogP contribution in [0.15, 0.2) is 6.07 Å². The van der Waals surface area contributed by atoms with Gasteiger partial charge in [-0.25, -0.2) is 4.98 Å². The van der Waals surface area contributed by atoms with Crippen LogP contribution in [0.4, 0.5) is 11.8 Å². The number of hydrogen-bond donors (Lipinski definition) is 2. The average Bonchev–Trinajstić information content (AvgIpc) is 2.83. The minimum atomic E-state index is 0.231. The number of likely N-dealkylation sites (N-methyl/N-ethyl adjacent to an activating group) is 1. The molecule has 2 aliphatic heterocycles. The normalized spacial score (nSPS) is 26.7. The largest absolute Gasteiger partial charge is 0.396 e. The van der Waals surface area contributed by atoms with Gasteiger partial charge in [0.25, 0.3) is 0 Å². The fourth-order valence-corrected chi connectivity index (χ4v) is 3.89. The first-order chi connectivity index (χ1) is 11.5. The van der Waals surface area contributed by atoms with Gasteiger partial charge in [-0.1, -0.05) is 0 Å². The van der Waals surface area contributed by atoms with E-state index < -0.39 is 0 Å². The van der Waals surface area contributed by atoms with Crippen molar-refractivity contribution in [2.45, 2.75) is 13.3 Å². The summed E-state index contributed by atoms with van der Waals surface area (Å²) in [7, 11) is 2.19. The maximum atomic E-state index is 9.83. The monoisotopic (exact) mass is 334 g/mol. The lowest BCUT2D eigenvalue weighted by Crippen LogP contribution is -2.36. The van der Waals surface area contributed by atoms with E-state index in [-0.39, 0.29) is 6.61 Å². The van der Waals surface area contributed by atoms with Crippen molar-refractivity contribution >= 4 is 11.8 Å². The third-order valence-electron chi connectivity index (χ3n) is 5.30. The molecule has 0 unspecified atom stereocenters. The summed E-state index contributed by atoms with van der Waals surface area (Å²) in [5, 5.41) is 9.83. The Bertz CT molecular complexity index is 534. The highest BCUT2D eigenvalue weighted by atomic mass is 16.3. The molecule has 3 rings (SSSR count). The smallest absolute Gasteiger partial charge is 0.222 e. The zero-order valence-electron chi connectivity index (χ0n) is 14.9. The third-order valence-corrected chi connectivity index (χ3v) is 5.30. The van der Waals surface area contributed by atoms with Crippen molar-refractivity contribution in [2.24, 2.45) is 11.8 Å². The molecular formula is C17H30N6O. The predicted octanol–water partition coefficient (Wildman–Crippen LogP) is 0.0494. The Labute approximate surface area is 144 Å². The molecule has 7 nitrogen and oxygen atoms in total. The summed E-state index contributed by atoms with van der Waals surface area (Å²) in [6.07, 6.45) is 1.22. The SMILES string of the molecule is Cc1cc(N2C[C@@H](CN3CCCN(C)CC3)[C@@H](CO)C2)nc(N)n1. The molecule has 0 radical (unpaired) electrons. The van der Waals surface area contributed by atoms with Crippen molar-refractivity contribution in [3.05, 3.63) is 11.8 Å². The van der Waals surface area contributed by atoms with Crippen LogP contribution in [0.5, 0.6) is 0 Å². The average molecular weight is 334 g/mol. The van der Waals surface area contributed by atoms with Gasteiger partial charge in [-0.3, -0.25) is 0 Å². The molecule has 7 heteroatoms. The molecule has 0 saturated carbocycles. The lowest BCUT2D eigenvalue weighted by Gasteiger charge is -2.26. The van der Waals surface area contributed by atoms with Crippen LogP contribution >= 0.6 is 0 Å². The first kappa shape index (κ1) is 17.4. The summed E-state index contributed by atoms with van der Waals surface area (Å²) in [6, 6.07) is 1.98. The maximum absolute atomic E-state index is 9.83. The number of aromatic nitrogens is 2. The van der Waals surface area contributed by atoms with Crippen molar-refractivity contribution in [3.63, 3.8) is 0 Å². The molecule has 0 amide bonds. The van der Waals surface area contributed by atoms with E-state index in [1.54, 1.807) is 0 Å². The van der Waals surface area contributed by atoms with E-state index in [0.717, 1.165) is 50.8 Å². The molecule has 1 aromatic heterocycles. The fraction of sp³-hybridized carbons (Fsp3) is 0.765. The second-order valence-electron chi connectivity index (χ2n) is 7.29. The summed E-state index contributed by atoms with van der Waals surface area (Å²) in [6.45, 7) is 9.55. The Morgan fingerprint density at radius 3 is 2.71 bits per heavy atom. The number of hydrogen-bond acceptors (Lipinski definition) is 7. The quantitative estimate of drug-likeness (QED) is 0.805. The van der Waals surface area contributed by atoms with E-state index in [2.05, 4.69) is 31.7 Å². The Morgan fingerprint density at radius 1 is 1.17 bits per heavy atom. The molecule has 0 aromatic carbocycles. The highest BCUT2D eigenvalue weighted by Gasteiger charge is 2.34. The van der Waals surface area contributed by atoms with Gasteiger partial charge in [0.05, 0.1) is 0 Å². The number of aryl methyl sites for hydroxylation is 1. The molecule has 0 spiro atoms. The van der Waals surface area contributed by atoms with Gasteiger partial charge in [0.2, 0.25) is 5.95 Å². The van der Waals surface area contributed by atoms with E-state index in [1.165, 1.54) is 13.0 Å². The summed E-state index contributed by atoms with van der Waals surface area (Å²) >= 11 is 0. The number of aliphatic hydroxyl groups excluding tert-OH is 1. The first-order valence-corrected chi connectivity index (χ1v) is 8.93. The zero-order valence-corrected chi connectivity index (χ0v) is 14.9. The van der Waals surface area contributed by atoms with Crippen LogP contribution in [0.3, 0.4) is 0 Å². The minimum Gasteiger partial charge on any atom is -0.396 e. The van der Waals surface area contributed by atoms with Crippen LogP contribution < -0.4 is 10.6 Å². The van der Waals surface area contributed by atoms with Crippen molar-refractivity contribution in [3.8, 4) is 0 Å². The van der Waals surface area contributed by atoms with Crippen LogP contribution in [-0.2, 0) is 0 Å². The third kappa shape index (κ3) is 4.15. The topological polar surface area (TPSA) is 81.8 Å². The van der Waals surface area contributed by atoms with Gasteiger partial charge >= 0.3 is 0 Å². The van der Waals surface area contributed by atoms with E-state index in [4.69, 9.17) is 5.73 Å². The standard InChI is InChI=1S/C17H30N6O/c1-13-8-16(20-17(18)19-13)23-10-14(15(11-23)12-24)9-22-5-3-4-21(2)6-7-22/h8,14-15,24H,3-7,9-12H2,1-2H3,(H2,18,19,20)/t14-,15-/m1/s1. The minimum absolute atomic E-state index is 0.231. The number of rotatable bonds is 4. The molecule has 2 aliphatic rings. The molecule has 1 aromatic rings. The van der Waals surface area contributed by atoms with E-state index in [9.17, 15) is 5.11 Å². The van der Waals surface area contributed by atoms with Gasteiger partial charge in [-0.15, -0.1) is 0 Å². The fourth-order valence-electron chi connectivity index (χ4n) is 3.89. The molecule has 3 N–H and O–H groups in total. The molecule has 2 fully saturated rings. The Balaban J connectivity index is 1.65. The summed E-state index contributed by atoms with van der Waals surface area (Å²) in [4.78, 5) is 15.7. The summed E-state index contributed by atoms with van der Waals surface area (Å²) in [5.74, 6) is 1.97. The van der Waals surface area contributed by atoms with Crippen LogP contribution in [0.2, 0.25) is 0 Å². The van der Waals surface area contributed by atoms with Gasteiger partial charge in [0.15, 0.2) is 0 Å². The number of nitrogens with two attached hydrogens (primary N) is 1. The van der Waals surface area contributed by atoms with Crippen LogP contribution in [-0.4, -0.2) is 84.3 Å². The zero-order chi connectivity index (χ0) is 17.1. The number of aliphatic hydroxyl groups is 1. The molecule has 2 atom stereocenters. The van der Waals surface area contributed by atoms with Crippen LogP contribution in [0.25, 0.3) is 0 Å². The number of nitrogens with zero attached hydrogens (tertiary/aromatic N) is 5. The van der Waals surface area contributed by atoms with Crippen molar-refractivity contribution in [1.29, 1.82) is 0 Å². The first-order valence-electron chi connectivity index (χ1n) is 8.93. The second kappa shape index (κ2) is 7.63. The molecule has 24 heavy (non-hydrogen) atoms. The van der Waals surface area contributed by atoms with Crippen LogP contribution in [0.1, 0.15) is 12.1 Å². The molecule has 0 bridgehead atoms. The molecular weight excluding hydrogens is 304 g/mol. The van der Waals surface area contributed by atoms with E-state index >= 15 is 0 Å². The summed E-state index contributed by atoms with van der Waals surface area (Å²) in [5.41, 5.74) is 6.68. The van der Waals surface area contributed by atoms with Gasteiger partial charge in [0, 0.05) is 57.0 Å². The maximum Gasteiger partial charge on any atom is 0.222 e. The van der Waals surface area contributed by atoms with Gasteiger partial charge in [-0.05, 0) is 39.4 Å². The van der Waals surface area contributed by atoms with Gasteiger partial charge in [0.1, 0.15) is 5.82 Å². The van der Waals surface area contributed by atoms with Gasteiger partial charge in [-0.2, -0.15) is 4.98 Å². The number of nitrogen functional groups attached to an aromatic ring is 1. The molecule has 3 heterocycles. The molecule has 134 valence electrons. The lowest BCUT2D eigenvalue weighted by molar-refractivity contribution is 0.165. The second-order valence-corrected chi connectivity index (χ2v) is 7.29. The number of anilines is 2. The molecule has 2 saturated heterocycles. The highest BCUT2D eigenvalue weighted by Crippen LogP contribution is 2.28. The van der Waals surface area contributed by atoms with Crippen molar-refractivity contribution in [1.82, 2.24) is 19.8 Å². The Morgan fingerprint density at radius 2 is 1.96 bits per heavy atom. The lowest BCUT2D eigenvalue weighted by atomic mass is 9.96. The molecule has 0 aliphatic carbocycles.